The van der Waals surface area contributed by atoms with Crippen LogP contribution in [0.15, 0.2) is 60.7 Å². The number of hydrogen-bond acceptors (Lipinski definition) is 1. The lowest BCUT2D eigenvalue weighted by molar-refractivity contribution is 0.323. The quantitative estimate of drug-likeness (QED) is 0.865. The maximum absolute atomic E-state index is 3.82. The molecule has 19 heavy (non-hydrogen) atoms. The first kappa shape index (κ1) is 12.4. The van der Waals surface area contributed by atoms with Gasteiger partial charge in [-0.1, -0.05) is 60.7 Å². The monoisotopic (exact) mass is 251 g/mol. The van der Waals surface area contributed by atoms with E-state index in [0.717, 1.165) is 6.42 Å². The first-order chi connectivity index (χ1) is 9.42. The van der Waals surface area contributed by atoms with Crippen molar-refractivity contribution in [3.63, 3.8) is 0 Å². The van der Waals surface area contributed by atoms with Crippen LogP contribution in [0.5, 0.6) is 0 Å². The van der Waals surface area contributed by atoms with Gasteiger partial charge in [-0.15, -0.1) is 0 Å². The van der Waals surface area contributed by atoms with E-state index in [0.29, 0.717) is 12.1 Å². The number of rotatable bonds is 3. The molecule has 1 fully saturated rings. The summed E-state index contributed by atoms with van der Waals surface area (Å²) in [5.41, 5.74) is 2.87. The van der Waals surface area contributed by atoms with Crippen molar-refractivity contribution in [2.75, 3.05) is 0 Å². The lowest BCUT2D eigenvalue weighted by atomic mass is 9.90. The summed E-state index contributed by atoms with van der Waals surface area (Å²) in [4.78, 5) is 0. The van der Waals surface area contributed by atoms with Crippen LogP contribution < -0.4 is 5.32 Å². The summed E-state index contributed by atoms with van der Waals surface area (Å²) in [6.07, 6.45) is 5.02. The third kappa shape index (κ3) is 3.24. The Kier molecular flexibility index (Phi) is 3.95. The molecule has 1 aliphatic heterocycles. The van der Waals surface area contributed by atoms with E-state index in [9.17, 15) is 0 Å². The fourth-order valence-electron chi connectivity index (χ4n) is 3.03. The highest BCUT2D eigenvalue weighted by Crippen LogP contribution is 2.26. The molecule has 1 saturated heterocycles. The minimum absolute atomic E-state index is 0.531. The zero-order valence-electron chi connectivity index (χ0n) is 11.3. The highest BCUT2D eigenvalue weighted by molar-refractivity contribution is 5.21. The molecule has 2 atom stereocenters. The van der Waals surface area contributed by atoms with Crippen molar-refractivity contribution in [2.24, 2.45) is 0 Å². The van der Waals surface area contributed by atoms with E-state index < -0.39 is 0 Å². The Bertz CT molecular complexity index is 492. The summed E-state index contributed by atoms with van der Waals surface area (Å²) in [7, 11) is 0. The van der Waals surface area contributed by atoms with E-state index in [-0.39, 0.29) is 0 Å². The molecule has 1 nitrogen and oxygen atoms in total. The number of hydrogen-bond donors (Lipinski definition) is 1. The van der Waals surface area contributed by atoms with Crippen molar-refractivity contribution < 1.29 is 0 Å². The van der Waals surface area contributed by atoms with Crippen LogP contribution in [0, 0.1) is 0 Å². The van der Waals surface area contributed by atoms with Crippen LogP contribution in [0.3, 0.4) is 0 Å². The van der Waals surface area contributed by atoms with Gasteiger partial charge in [-0.25, -0.2) is 0 Å². The van der Waals surface area contributed by atoms with Crippen molar-refractivity contribution in [3.8, 4) is 0 Å². The average Bonchev–Trinajstić information content (AvgIpc) is 2.49. The van der Waals surface area contributed by atoms with Gasteiger partial charge >= 0.3 is 0 Å². The summed E-state index contributed by atoms with van der Waals surface area (Å²) in [5.74, 6) is 0. The summed E-state index contributed by atoms with van der Waals surface area (Å²) >= 11 is 0. The van der Waals surface area contributed by atoms with E-state index in [4.69, 9.17) is 0 Å². The fourth-order valence-corrected chi connectivity index (χ4v) is 3.03. The van der Waals surface area contributed by atoms with Crippen LogP contribution in [0.1, 0.15) is 36.4 Å². The molecule has 1 aliphatic rings. The van der Waals surface area contributed by atoms with Gasteiger partial charge in [0, 0.05) is 12.1 Å². The van der Waals surface area contributed by atoms with Crippen molar-refractivity contribution in [1.82, 2.24) is 5.32 Å². The maximum Gasteiger partial charge on any atom is 0.0322 e. The zero-order chi connectivity index (χ0) is 12.9. The van der Waals surface area contributed by atoms with E-state index in [1.54, 1.807) is 0 Å². The molecule has 98 valence electrons. The molecular formula is C18H21N. The topological polar surface area (TPSA) is 12.0 Å². The Morgan fingerprint density at radius 3 is 2.26 bits per heavy atom. The predicted molar refractivity (Wildman–Crippen MR) is 80.1 cm³/mol. The van der Waals surface area contributed by atoms with Crippen LogP contribution in [0.25, 0.3) is 0 Å². The van der Waals surface area contributed by atoms with E-state index in [1.807, 2.05) is 0 Å². The lowest BCUT2D eigenvalue weighted by Crippen LogP contribution is -2.38. The van der Waals surface area contributed by atoms with Gasteiger partial charge in [0.05, 0.1) is 0 Å². The molecule has 3 rings (SSSR count). The molecule has 2 aromatic carbocycles. The molecule has 0 aromatic heterocycles. The van der Waals surface area contributed by atoms with Gasteiger partial charge in [0.25, 0.3) is 0 Å². The highest BCUT2D eigenvalue weighted by atomic mass is 15.0. The third-order valence-corrected chi connectivity index (χ3v) is 4.01. The Labute approximate surface area is 115 Å². The van der Waals surface area contributed by atoms with Crippen molar-refractivity contribution in [1.29, 1.82) is 0 Å². The Morgan fingerprint density at radius 2 is 1.53 bits per heavy atom. The van der Waals surface area contributed by atoms with Gasteiger partial charge in [-0.05, 0) is 36.8 Å². The van der Waals surface area contributed by atoms with Crippen LogP contribution in [-0.2, 0) is 6.42 Å². The molecule has 0 saturated carbocycles. The van der Waals surface area contributed by atoms with Gasteiger partial charge in [-0.2, -0.15) is 0 Å². The van der Waals surface area contributed by atoms with Crippen molar-refractivity contribution in [3.05, 3.63) is 71.8 Å². The van der Waals surface area contributed by atoms with E-state index in [1.165, 1.54) is 30.4 Å². The van der Waals surface area contributed by atoms with Crippen molar-refractivity contribution >= 4 is 0 Å². The molecule has 2 aromatic rings. The van der Waals surface area contributed by atoms with Gasteiger partial charge in [-0.3, -0.25) is 0 Å². The zero-order valence-corrected chi connectivity index (χ0v) is 11.3. The Morgan fingerprint density at radius 1 is 0.842 bits per heavy atom. The first-order valence-corrected chi connectivity index (χ1v) is 7.27. The molecule has 0 amide bonds. The predicted octanol–water partition coefficient (Wildman–Crippen LogP) is 4.11. The summed E-state index contributed by atoms with van der Waals surface area (Å²) in [5, 5.41) is 3.82. The van der Waals surface area contributed by atoms with E-state index >= 15 is 0 Å². The molecule has 0 radical (unpaired) electrons. The van der Waals surface area contributed by atoms with Gasteiger partial charge in [0.1, 0.15) is 0 Å². The average molecular weight is 251 g/mol. The third-order valence-electron chi connectivity index (χ3n) is 4.01. The standard InChI is InChI=1S/C18H21N/c1-3-8-15(9-4-1)14-17-12-7-13-18(19-17)16-10-5-2-6-11-16/h1-6,8-11,17-19H,7,12-14H2/t17-,18+/m1/s1. The van der Waals surface area contributed by atoms with Crippen LogP contribution in [0.4, 0.5) is 0 Å². The number of benzene rings is 2. The summed E-state index contributed by atoms with van der Waals surface area (Å²) in [6, 6.07) is 22.8. The highest BCUT2D eigenvalue weighted by Gasteiger charge is 2.21. The maximum atomic E-state index is 3.82. The fraction of sp³-hybridized carbons (Fsp3) is 0.333. The summed E-state index contributed by atoms with van der Waals surface area (Å²) in [6.45, 7) is 0. The molecule has 1 heteroatoms. The van der Waals surface area contributed by atoms with Gasteiger partial charge < -0.3 is 5.32 Å². The molecule has 0 aliphatic carbocycles. The molecule has 0 unspecified atom stereocenters. The molecule has 0 spiro atoms. The smallest absolute Gasteiger partial charge is 0.0322 e. The van der Waals surface area contributed by atoms with Crippen LogP contribution in [0.2, 0.25) is 0 Å². The summed E-state index contributed by atoms with van der Waals surface area (Å²) < 4.78 is 0. The molecule has 0 bridgehead atoms. The van der Waals surface area contributed by atoms with Crippen molar-refractivity contribution in [2.45, 2.75) is 37.8 Å². The van der Waals surface area contributed by atoms with E-state index in [2.05, 4.69) is 66.0 Å². The Hall–Kier alpha value is -1.60. The second-order valence-corrected chi connectivity index (χ2v) is 5.45. The Balaban J connectivity index is 1.65. The van der Waals surface area contributed by atoms with Crippen LogP contribution >= 0.6 is 0 Å². The molecule has 1 N–H and O–H groups in total. The number of nitrogens with one attached hydrogen (secondary N) is 1. The van der Waals surface area contributed by atoms with Gasteiger partial charge in [0.15, 0.2) is 0 Å². The second kappa shape index (κ2) is 6.03. The first-order valence-electron chi connectivity index (χ1n) is 7.27. The van der Waals surface area contributed by atoms with Gasteiger partial charge in [0.2, 0.25) is 0 Å². The lowest BCUT2D eigenvalue weighted by Gasteiger charge is -2.31. The molecule has 1 heterocycles. The van der Waals surface area contributed by atoms with Crippen LogP contribution in [-0.4, -0.2) is 6.04 Å². The number of piperidine rings is 1. The minimum Gasteiger partial charge on any atom is -0.307 e. The SMILES string of the molecule is c1ccc(C[C@H]2CCC[C@@H](c3ccccc3)N2)cc1. The second-order valence-electron chi connectivity index (χ2n) is 5.45. The normalized spacial score (nSPS) is 23.2. The minimum atomic E-state index is 0.531. The molecular weight excluding hydrogens is 230 g/mol. The largest absolute Gasteiger partial charge is 0.307 e.